The van der Waals surface area contributed by atoms with Crippen molar-refractivity contribution in [3.63, 3.8) is 0 Å². The average Bonchev–Trinajstić information content (AvgIpc) is 4.24. The van der Waals surface area contributed by atoms with E-state index in [0.717, 1.165) is 117 Å². The van der Waals surface area contributed by atoms with E-state index in [2.05, 4.69) is 46.9 Å². The number of alkyl halides is 1. The minimum absolute atomic E-state index is 0. The molecule has 0 N–H and O–H groups in total. The number of hydrogen-bond donors (Lipinski definition) is 0. The molecule has 64 heavy (non-hydrogen) atoms. The SMILES string of the molecule is COc1ccc(F)c(C2CCC(COc3cccc(C(CI)C4CC4)c3)CC2)c1.COc1ccc(F)c(C2CCC(COc3cccc(C(COS(C)(=O)=O)C4CC4)c3)CC2)c1.[I-].[Na+]. The molecular weight excluding hydrogens is 1070 g/mol. The van der Waals surface area contributed by atoms with Crippen molar-refractivity contribution < 1.29 is 93.9 Å². The summed E-state index contributed by atoms with van der Waals surface area (Å²) in [7, 11) is -0.226. The van der Waals surface area contributed by atoms with Crippen LogP contribution in [0.1, 0.15) is 123 Å². The van der Waals surface area contributed by atoms with E-state index in [0.29, 0.717) is 36.0 Å². The van der Waals surface area contributed by atoms with Crippen molar-refractivity contribution in [3.8, 4) is 23.0 Å². The standard InChI is InChI=1S/C26H33FO5S.C25H30FIO2.HI.Na/c1-30-22-12-13-26(27)24(15-22)19-8-6-18(7-9-19)16-31-23-5-3-4-21(14-23)25(20-10-11-20)17-32-33(2,28)29;1-28-21-11-12-25(26)23(14-21)18-7-5-17(6-8-18)16-29-22-4-2-3-20(13-22)24(15-27)19-9-10-19;;/h3-5,12-15,18-20,25H,6-11,16-17H2,1-2H3;2-4,11-14,17-19,24H,5-10,15-16H2,1H3;1H;/q;;;+1/p-1. The number of benzene rings is 4. The Morgan fingerprint density at radius 2 is 1.02 bits per heavy atom. The minimum atomic E-state index is -3.46. The van der Waals surface area contributed by atoms with Crippen molar-refractivity contribution in [2.75, 3.05) is 44.7 Å². The zero-order chi connectivity index (χ0) is 43.6. The van der Waals surface area contributed by atoms with Gasteiger partial charge in [0.05, 0.1) is 40.3 Å². The summed E-state index contributed by atoms with van der Waals surface area (Å²) < 4.78 is 80.6. The van der Waals surface area contributed by atoms with Crippen molar-refractivity contribution in [3.05, 3.63) is 119 Å². The molecule has 4 aliphatic carbocycles. The van der Waals surface area contributed by atoms with E-state index in [1.807, 2.05) is 36.4 Å². The second kappa shape index (κ2) is 25.6. The molecule has 0 aliphatic heterocycles. The molecular formula is C51H63F2I2NaO7S. The Kier molecular flexibility index (Phi) is 21.3. The van der Waals surface area contributed by atoms with Crippen LogP contribution in [-0.4, -0.2) is 53.1 Å². The molecule has 4 aromatic rings. The van der Waals surface area contributed by atoms with Crippen LogP contribution in [0.25, 0.3) is 0 Å². The van der Waals surface area contributed by atoms with Crippen LogP contribution >= 0.6 is 22.6 Å². The number of halogens is 4. The van der Waals surface area contributed by atoms with E-state index in [1.165, 1.54) is 35.0 Å². The number of ether oxygens (including phenoxy) is 4. The van der Waals surface area contributed by atoms with Crippen LogP contribution in [0.5, 0.6) is 23.0 Å². The predicted molar refractivity (Wildman–Crippen MR) is 250 cm³/mol. The first-order valence-corrected chi connectivity index (χ1v) is 25.9. The smallest absolute Gasteiger partial charge is 1.00 e. The summed E-state index contributed by atoms with van der Waals surface area (Å²) in [5, 5.41) is 0. The maximum absolute atomic E-state index is 14.3. The topological polar surface area (TPSA) is 80.3 Å². The molecule has 13 heteroatoms. The van der Waals surface area contributed by atoms with Crippen molar-refractivity contribution in [2.24, 2.45) is 23.7 Å². The fourth-order valence-electron chi connectivity index (χ4n) is 9.49. The maximum atomic E-state index is 14.3. The molecule has 0 saturated heterocycles. The summed E-state index contributed by atoms with van der Waals surface area (Å²) in [5.41, 5.74) is 4.05. The van der Waals surface area contributed by atoms with Gasteiger partial charge in [0.15, 0.2) is 0 Å². The number of rotatable bonds is 18. The molecule has 4 saturated carbocycles. The molecule has 4 aliphatic rings. The van der Waals surface area contributed by atoms with Gasteiger partial charge in [-0.15, -0.1) is 0 Å². The van der Waals surface area contributed by atoms with Gasteiger partial charge in [-0.05, 0) is 201 Å². The Bertz CT molecular complexity index is 2170. The quantitative estimate of drug-likeness (QED) is 0.0471. The molecule has 0 radical (unpaired) electrons. The van der Waals surface area contributed by atoms with Gasteiger partial charge in [-0.3, -0.25) is 4.18 Å². The van der Waals surface area contributed by atoms with Crippen LogP contribution < -0.4 is 72.5 Å². The van der Waals surface area contributed by atoms with Crippen LogP contribution in [0, 0.1) is 35.3 Å². The molecule has 4 fully saturated rings. The number of hydrogen-bond acceptors (Lipinski definition) is 7. The molecule has 2 atom stereocenters. The maximum Gasteiger partial charge on any atom is 1.00 e. The van der Waals surface area contributed by atoms with Crippen LogP contribution in [0.3, 0.4) is 0 Å². The van der Waals surface area contributed by atoms with Gasteiger partial charge in [0.25, 0.3) is 10.1 Å². The van der Waals surface area contributed by atoms with Gasteiger partial charge >= 0.3 is 29.6 Å². The molecule has 0 amide bonds. The Morgan fingerprint density at radius 3 is 1.41 bits per heavy atom. The van der Waals surface area contributed by atoms with E-state index >= 15 is 0 Å². The molecule has 344 valence electrons. The Labute approximate surface area is 433 Å². The predicted octanol–water partition coefficient (Wildman–Crippen LogP) is 6.78. The largest absolute Gasteiger partial charge is 1.00 e. The summed E-state index contributed by atoms with van der Waals surface area (Å²) in [5.74, 6) is 6.54. The van der Waals surface area contributed by atoms with Gasteiger partial charge in [0, 0.05) is 10.3 Å². The van der Waals surface area contributed by atoms with Crippen molar-refractivity contribution in [1.29, 1.82) is 0 Å². The van der Waals surface area contributed by atoms with Gasteiger partial charge in [0.2, 0.25) is 0 Å². The van der Waals surface area contributed by atoms with Crippen LogP contribution in [-0.2, 0) is 14.3 Å². The monoisotopic (exact) mass is 1130 g/mol. The second-order valence-electron chi connectivity index (χ2n) is 18.0. The molecule has 0 aromatic heterocycles. The Morgan fingerprint density at radius 1 is 0.594 bits per heavy atom. The first-order chi connectivity index (χ1) is 30.0. The fraction of sp³-hybridized carbons (Fsp3) is 0.529. The summed E-state index contributed by atoms with van der Waals surface area (Å²) in [4.78, 5) is 0. The summed E-state index contributed by atoms with van der Waals surface area (Å²) in [6.07, 6.45) is 14.1. The molecule has 0 bridgehead atoms. The van der Waals surface area contributed by atoms with E-state index in [-0.39, 0.29) is 89.5 Å². The third kappa shape index (κ3) is 15.7. The molecule has 8 rings (SSSR count). The van der Waals surface area contributed by atoms with Crippen molar-refractivity contribution in [1.82, 2.24) is 0 Å². The molecule has 4 aromatic carbocycles. The van der Waals surface area contributed by atoms with Gasteiger partial charge in [-0.25, -0.2) is 8.78 Å². The second-order valence-corrected chi connectivity index (χ2v) is 20.5. The van der Waals surface area contributed by atoms with Crippen LogP contribution in [0.15, 0.2) is 84.9 Å². The van der Waals surface area contributed by atoms with Crippen LogP contribution in [0.2, 0.25) is 0 Å². The summed E-state index contributed by atoms with van der Waals surface area (Å²) >= 11 is 2.51. The normalized spacial score (nSPS) is 21.7. The van der Waals surface area contributed by atoms with E-state index < -0.39 is 10.1 Å². The summed E-state index contributed by atoms with van der Waals surface area (Å²) in [6, 6.07) is 26.7. The zero-order valence-corrected chi connectivity index (χ0v) is 44.9. The first-order valence-electron chi connectivity index (χ1n) is 22.5. The van der Waals surface area contributed by atoms with Gasteiger partial charge in [-0.2, -0.15) is 8.42 Å². The average molecular weight is 1130 g/mol. The van der Waals surface area contributed by atoms with Gasteiger partial charge < -0.3 is 42.9 Å². The third-order valence-electron chi connectivity index (χ3n) is 13.5. The van der Waals surface area contributed by atoms with E-state index in [4.69, 9.17) is 23.1 Å². The molecule has 0 heterocycles. The van der Waals surface area contributed by atoms with Gasteiger partial charge in [0.1, 0.15) is 34.6 Å². The van der Waals surface area contributed by atoms with Gasteiger partial charge in [-0.1, -0.05) is 46.9 Å². The molecule has 2 unspecified atom stereocenters. The Balaban J connectivity index is 0.000000235. The third-order valence-corrected chi connectivity index (χ3v) is 15.0. The molecule has 0 spiro atoms. The summed E-state index contributed by atoms with van der Waals surface area (Å²) in [6.45, 7) is 1.57. The van der Waals surface area contributed by atoms with E-state index in [1.54, 1.807) is 26.4 Å². The first kappa shape index (κ1) is 53.3. The Hall–Kier alpha value is -1.69. The molecule has 7 nitrogen and oxygen atoms in total. The van der Waals surface area contributed by atoms with E-state index in [9.17, 15) is 17.2 Å². The van der Waals surface area contributed by atoms with Crippen LogP contribution in [0.4, 0.5) is 8.78 Å². The fourth-order valence-corrected chi connectivity index (χ4v) is 11.1. The number of methoxy groups -OCH3 is 2. The zero-order valence-electron chi connectivity index (χ0n) is 37.8. The van der Waals surface area contributed by atoms with Crippen molar-refractivity contribution >= 4 is 32.7 Å². The minimum Gasteiger partial charge on any atom is -1.00 e. The van der Waals surface area contributed by atoms with Crippen molar-refractivity contribution in [2.45, 2.75) is 101 Å².